The molecule has 1 N–H and O–H groups in total. The molecule has 2 bridgehead atoms. The van der Waals surface area contributed by atoms with Crippen molar-refractivity contribution in [3.63, 3.8) is 0 Å². The number of piperidine rings is 1. The summed E-state index contributed by atoms with van der Waals surface area (Å²) in [6.45, 7) is 0. The first kappa shape index (κ1) is 15.3. The van der Waals surface area contributed by atoms with Gasteiger partial charge in [0.2, 0.25) is 0 Å². The third-order valence-corrected chi connectivity index (χ3v) is 5.23. The monoisotopic (exact) mass is 325 g/mol. The highest BCUT2D eigenvalue weighted by Crippen LogP contribution is 2.36. The van der Waals surface area contributed by atoms with Gasteiger partial charge in [-0.3, -0.25) is 4.79 Å². The van der Waals surface area contributed by atoms with Gasteiger partial charge in [0.05, 0.1) is 6.10 Å². The summed E-state index contributed by atoms with van der Waals surface area (Å²) in [6, 6.07) is 14.1. The van der Waals surface area contributed by atoms with Crippen molar-refractivity contribution in [3.05, 3.63) is 59.9 Å². The minimum Gasteiger partial charge on any atom is -0.393 e. The van der Waals surface area contributed by atoms with Gasteiger partial charge in [-0.1, -0.05) is 24.3 Å². The number of benzene rings is 2. The predicted octanol–water partition coefficient (Wildman–Crippen LogP) is 3.62. The summed E-state index contributed by atoms with van der Waals surface area (Å²) in [5.41, 5.74) is 2.35. The molecule has 2 saturated heterocycles. The van der Waals surface area contributed by atoms with E-state index < -0.39 is 0 Å². The molecule has 2 aliphatic rings. The molecule has 0 aromatic heterocycles. The second-order valence-corrected chi connectivity index (χ2v) is 6.81. The van der Waals surface area contributed by atoms with E-state index in [2.05, 4.69) is 0 Å². The Labute approximate surface area is 140 Å². The molecular formula is C20H20FNO2. The van der Waals surface area contributed by atoms with E-state index in [-0.39, 0.29) is 29.9 Å². The Kier molecular flexibility index (Phi) is 3.85. The average Bonchev–Trinajstić information content (AvgIpc) is 2.86. The van der Waals surface area contributed by atoms with Crippen molar-refractivity contribution in [2.75, 3.05) is 0 Å². The summed E-state index contributed by atoms with van der Waals surface area (Å²) in [4.78, 5) is 14.8. The van der Waals surface area contributed by atoms with Crippen LogP contribution in [0.4, 0.5) is 4.39 Å². The van der Waals surface area contributed by atoms with Crippen molar-refractivity contribution in [2.24, 2.45) is 0 Å². The Morgan fingerprint density at radius 1 is 1.00 bits per heavy atom. The molecule has 2 aliphatic heterocycles. The molecule has 4 heteroatoms. The van der Waals surface area contributed by atoms with Crippen LogP contribution >= 0.6 is 0 Å². The number of carbonyl (C=O) groups excluding carboxylic acids is 1. The highest BCUT2D eigenvalue weighted by atomic mass is 19.1. The smallest absolute Gasteiger partial charge is 0.254 e. The van der Waals surface area contributed by atoms with Crippen LogP contribution in [-0.4, -0.2) is 34.1 Å². The quantitative estimate of drug-likeness (QED) is 0.916. The van der Waals surface area contributed by atoms with Crippen LogP contribution in [0.1, 0.15) is 36.0 Å². The SMILES string of the molecule is O=C(c1ccc(-c2cccc(F)c2)cc1)N1[C@@H]2CC[C@H]1CC(O)C2. The zero-order valence-corrected chi connectivity index (χ0v) is 13.4. The van der Waals surface area contributed by atoms with Crippen LogP contribution in [0.25, 0.3) is 11.1 Å². The van der Waals surface area contributed by atoms with Gasteiger partial charge < -0.3 is 10.0 Å². The van der Waals surface area contributed by atoms with Gasteiger partial charge in [-0.2, -0.15) is 0 Å². The Hall–Kier alpha value is -2.20. The summed E-state index contributed by atoms with van der Waals surface area (Å²) in [6.07, 6.45) is 3.05. The summed E-state index contributed by atoms with van der Waals surface area (Å²) < 4.78 is 13.3. The maximum absolute atomic E-state index is 13.3. The van der Waals surface area contributed by atoms with E-state index in [0.29, 0.717) is 18.4 Å². The van der Waals surface area contributed by atoms with E-state index in [1.165, 1.54) is 12.1 Å². The van der Waals surface area contributed by atoms with Gasteiger partial charge in [0.25, 0.3) is 5.91 Å². The van der Waals surface area contributed by atoms with E-state index in [9.17, 15) is 14.3 Å². The fourth-order valence-electron chi connectivity index (χ4n) is 4.10. The molecule has 0 aliphatic carbocycles. The van der Waals surface area contributed by atoms with Crippen molar-refractivity contribution >= 4 is 5.91 Å². The number of aliphatic hydroxyl groups excluding tert-OH is 1. The Morgan fingerprint density at radius 3 is 2.29 bits per heavy atom. The standard InChI is InChI=1S/C20H20FNO2/c21-16-3-1-2-15(10-16)13-4-6-14(7-5-13)20(24)22-17-8-9-18(22)12-19(23)11-17/h1-7,10,17-19,23H,8-9,11-12H2/t17-,18+,19?. The van der Waals surface area contributed by atoms with Crippen LogP contribution < -0.4 is 0 Å². The molecule has 1 amide bonds. The fourth-order valence-corrected chi connectivity index (χ4v) is 4.10. The largest absolute Gasteiger partial charge is 0.393 e. The van der Waals surface area contributed by atoms with Crippen molar-refractivity contribution < 1.29 is 14.3 Å². The Morgan fingerprint density at radius 2 is 1.67 bits per heavy atom. The molecule has 2 heterocycles. The number of carbonyl (C=O) groups is 1. The van der Waals surface area contributed by atoms with Crippen molar-refractivity contribution in [2.45, 2.75) is 43.9 Å². The number of amides is 1. The lowest BCUT2D eigenvalue weighted by molar-refractivity contribution is 0.0287. The Balaban J connectivity index is 1.56. The zero-order chi connectivity index (χ0) is 16.7. The second kappa shape index (κ2) is 6.02. The van der Waals surface area contributed by atoms with E-state index in [0.717, 1.165) is 24.0 Å². The lowest BCUT2D eigenvalue weighted by Crippen LogP contribution is -2.47. The van der Waals surface area contributed by atoms with Crippen LogP contribution in [0.15, 0.2) is 48.5 Å². The maximum atomic E-state index is 13.3. The molecular weight excluding hydrogens is 305 g/mol. The van der Waals surface area contributed by atoms with E-state index >= 15 is 0 Å². The number of rotatable bonds is 2. The summed E-state index contributed by atoms with van der Waals surface area (Å²) >= 11 is 0. The molecule has 1 unspecified atom stereocenters. The topological polar surface area (TPSA) is 40.5 Å². The molecule has 0 saturated carbocycles. The minimum absolute atomic E-state index is 0.0418. The van der Waals surface area contributed by atoms with E-state index in [1.807, 2.05) is 35.2 Å². The van der Waals surface area contributed by atoms with Crippen LogP contribution in [0.3, 0.4) is 0 Å². The lowest BCUT2D eigenvalue weighted by atomic mass is 9.98. The number of hydrogen-bond donors (Lipinski definition) is 1. The molecule has 3 atom stereocenters. The molecule has 124 valence electrons. The molecule has 24 heavy (non-hydrogen) atoms. The first-order valence-electron chi connectivity index (χ1n) is 8.48. The first-order valence-corrected chi connectivity index (χ1v) is 8.48. The number of aliphatic hydroxyl groups is 1. The van der Waals surface area contributed by atoms with Crippen LogP contribution in [0.2, 0.25) is 0 Å². The maximum Gasteiger partial charge on any atom is 0.254 e. The number of fused-ring (bicyclic) bond motifs is 2. The number of hydrogen-bond acceptors (Lipinski definition) is 2. The van der Waals surface area contributed by atoms with Gasteiger partial charge >= 0.3 is 0 Å². The number of halogens is 1. The first-order chi connectivity index (χ1) is 11.6. The highest BCUT2D eigenvalue weighted by molar-refractivity contribution is 5.95. The zero-order valence-electron chi connectivity index (χ0n) is 13.4. The van der Waals surface area contributed by atoms with Crippen molar-refractivity contribution in [1.82, 2.24) is 4.90 Å². The second-order valence-electron chi connectivity index (χ2n) is 6.81. The minimum atomic E-state index is -0.276. The van der Waals surface area contributed by atoms with Crippen molar-refractivity contribution in [3.8, 4) is 11.1 Å². The molecule has 2 aromatic rings. The van der Waals surface area contributed by atoms with E-state index in [1.54, 1.807) is 6.07 Å². The van der Waals surface area contributed by atoms with Crippen molar-refractivity contribution in [1.29, 1.82) is 0 Å². The normalized spacial score (nSPS) is 25.8. The average molecular weight is 325 g/mol. The van der Waals surface area contributed by atoms with Crippen LogP contribution in [-0.2, 0) is 0 Å². The number of nitrogens with zero attached hydrogens (tertiary/aromatic N) is 1. The van der Waals surface area contributed by atoms with Gasteiger partial charge in [-0.25, -0.2) is 4.39 Å². The van der Waals surface area contributed by atoms with Gasteiger partial charge in [0.1, 0.15) is 5.82 Å². The highest BCUT2D eigenvalue weighted by Gasteiger charge is 2.42. The van der Waals surface area contributed by atoms with E-state index in [4.69, 9.17) is 0 Å². The molecule has 0 radical (unpaired) electrons. The molecule has 2 fully saturated rings. The van der Waals surface area contributed by atoms with Crippen LogP contribution in [0.5, 0.6) is 0 Å². The molecule has 3 nitrogen and oxygen atoms in total. The third-order valence-electron chi connectivity index (χ3n) is 5.23. The summed E-state index contributed by atoms with van der Waals surface area (Å²) in [7, 11) is 0. The van der Waals surface area contributed by atoms with Gasteiger partial charge in [-0.15, -0.1) is 0 Å². The molecule has 4 rings (SSSR count). The summed E-state index contributed by atoms with van der Waals surface area (Å²) in [5.74, 6) is -0.226. The summed E-state index contributed by atoms with van der Waals surface area (Å²) in [5, 5.41) is 9.88. The lowest BCUT2D eigenvalue weighted by Gasteiger charge is -2.37. The molecule has 0 spiro atoms. The predicted molar refractivity (Wildman–Crippen MR) is 90.1 cm³/mol. The van der Waals surface area contributed by atoms with Crippen LogP contribution in [0, 0.1) is 5.82 Å². The van der Waals surface area contributed by atoms with Gasteiger partial charge in [-0.05, 0) is 61.1 Å². The fraction of sp³-hybridized carbons (Fsp3) is 0.350. The van der Waals surface area contributed by atoms with Gasteiger partial charge in [0, 0.05) is 17.6 Å². The molecule has 2 aromatic carbocycles. The Bertz CT molecular complexity index is 744. The van der Waals surface area contributed by atoms with Gasteiger partial charge in [0.15, 0.2) is 0 Å². The third kappa shape index (κ3) is 2.71.